The Balaban J connectivity index is 1.62. The van der Waals surface area contributed by atoms with Crippen LogP contribution in [-0.2, 0) is 9.53 Å². The summed E-state index contributed by atoms with van der Waals surface area (Å²) in [5, 5.41) is 12.7. The Hall–Kier alpha value is -5.63. The molecule has 1 amide bonds. The quantitative estimate of drug-likeness (QED) is 0.235. The first kappa shape index (κ1) is 29.4. The van der Waals surface area contributed by atoms with Crippen LogP contribution in [0, 0.1) is 11.3 Å². The Morgan fingerprint density at radius 1 is 0.762 bits per heavy atom. The molecule has 3 aromatic carbocycles. The van der Waals surface area contributed by atoms with Crippen LogP contribution in [-0.4, -0.2) is 54.0 Å². The Labute approximate surface area is 242 Å². The van der Waals surface area contributed by atoms with Gasteiger partial charge in [0.05, 0.1) is 35.5 Å². The van der Waals surface area contributed by atoms with Crippen molar-refractivity contribution >= 4 is 17.8 Å². The SMILES string of the molecule is COc1ccc(-c2oc(NC(=O)COC(=O)c3cc(OC)c(OC)cc3OC)c(C#N)c2-c2ccc(OC)cc2)cc1. The van der Waals surface area contributed by atoms with Crippen LogP contribution in [0.3, 0.4) is 0 Å². The second kappa shape index (κ2) is 13.1. The maximum absolute atomic E-state index is 12.9. The molecule has 0 atom stereocenters. The number of nitrogens with one attached hydrogen (secondary N) is 1. The van der Waals surface area contributed by atoms with Crippen LogP contribution in [0.25, 0.3) is 22.5 Å². The molecular weight excluding hydrogens is 544 g/mol. The van der Waals surface area contributed by atoms with E-state index in [0.29, 0.717) is 39.7 Å². The van der Waals surface area contributed by atoms with Gasteiger partial charge in [0.2, 0.25) is 5.88 Å². The third kappa shape index (κ3) is 6.08. The average Bonchev–Trinajstić information content (AvgIpc) is 3.40. The topological polar surface area (TPSA) is 138 Å². The van der Waals surface area contributed by atoms with Gasteiger partial charge in [-0.25, -0.2) is 4.79 Å². The molecule has 0 aliphatic rings. The third-order valence-electron chi connectivity index (χ3n) is 6.26. The largest absolute Gasteiger partial charge is 0.497 e. The molecule has 0 unspecified atom stereocenters. The van der Waals surface area contributed by atoms with E-state index in [-0.39, 0.29) is 28.5 Å². The highest BCUT2D eigenvalue weighted by atomic mass is 16.5. The van der Waals surface area contributed by atoms with Crippen LogP contribution in [0.4, 0.5) is 5.88 Å². The van der Waals surface area contributed by atoms with Gasteiger partial charge in [-0.15, -0.1) is 0 Å². The summed E-state index contributed by atoms with van der Waals surface area (Å²) in [5.41, 5.74) is 1.89. The van der Waals surface area contributed by atoms with Gasteiger partial charge in [-0.1, -0.05) is 12.1 Å². The first-order valence-electron chi connectivity index (χ1n) is 12.5. The highest BCUT2D eigenvalue weighted by Gasteiger charge is 2.25. The van der Waals surface area contributed by atoms with Crippen molar-refractivity contribution in [3.8, 4) is 57.3 Å². The van der Waals surface area contributed by atoms with E-state index < -0.39 is 18.5 Å². The smallest absolute Gasteiger partial charge is 0.342 e. The number of anilines is 1. The minimum Gasteiger partial charge on any atom is -0.497 e. The van der Waals surface area contributed by atoms with E-state index in [0.717, 1.165) is 0 Å². The van der Waals surface area contributed by atoms with E-state index in [4.69, 9.17) is 32.8 Å². The summed E-state index contributed by atoms with van der Waals surface area (Å²) < 4.78 is 37.5. The molecule has 0 fully saturated rings. The number of methoxy groups -OCH3 is 5. The van der Waals surface area contributed by atoms with Gasteiger partial charge in [0.1, 0.15) is 40.2 Å². The lowest BCUT2D eigenvalue weighted by molar-refractivity contribution is -0.119. The molecule has 216 valence electrons. The lowest BCUT2D eigenvalue weighted by Crippen LogP contribution is -2.21. The maximum atomic E-state index is 12.9. The number of ether oxygens (including phenoxy) is 6. The van der Waals surface area contributed by atoms with Crippen molar-refractivity contribution in [1.29, 1.82) is 5.26 Å². The van der Waals surface area contributed by atoms with Crippen LogP contribution in [0.1, 0.15) is 15.9 Å². The molecule has 1 N–H and O–H groups in total. The molecule has 0 radical (unpaired) electrons. The van der Waals surface area contributed by atoms with Crippen molar-refractivity contribution in [2.24, 2.45) is 0 Å². The number of carbonyl (C=O) groups is 2. The van der Waals surface area contributed by atoms with Crippen molar-refractivity contribution in [3.05, 3.63) is 71.8 Å². The van der Waals surface area contributed by atoms with E-state index in [9.17, 15) is 14.9 Å². The number of hydrogen-bond acceptors (Lipinski definition) is 10. The second-order valence-corrected chi connectivity index (χ2v) is 8.61. The molecule has 0 spiro atoms. The Bertz CT molecular complexity index is 1620. The number of nitrogens with zero attached hydrogens (tertiary/aromatic N) is 1. The Morgan fingerprint density at radius 2 is 1.31 bits per heavy atom. The summed E-state index contributed by atoms with van der Waals surface area (Å²) >= 11 is 0. The normalized spacial score (nSPS) is 10.3. The standard InChI is InChI=1S/C31H28N2O9/c1-36-20-10-6-18(7-11-20)28-23(16-32)30(42-29(28)19-8-12-21(37-2)13-9-19)33-27(34)17-41-31(35)22-14-25(39-4)26(40-5)15-24(22)38-3/h6-15H,17H2,1-5H3,(H,33,34). The Morgan fingerprint density at radius 3 is 1.83 bits per heavy atom. The van der Waals surface area contributed by atoms with Gasteiger partial charge in [0, 0.05) is 23.3 Å². The molecule has 11 heteroatoms. The summed E-state index contributed by atoms with van der Waals surface area (Å²) in [6.45, 7) is -0.669. The number of amides is 1. The number of carbonyl (C=O) groups excluding carboxylic acids is 2. The lowest BCUT2D eigenvalue weighted by atomic mass is 9.98. The molecule has 1 heterocycles. The fraction of sp³-hybridized carbons (Fsp3) is 0.194. The summed E-state index contributed by atoms with van der Waals surface area (Å²) in [4.78, 5) is 25.7. The van der Waals surface area contributed by atoms with Crippen LogP contribution in [0.15, 0.2) is 65.1 Å². The fourth-order valence-corrected chi connectivity index (χ4v) is 4.16. The van der Waals surface area contributed by atoms with Crippen molar-refractivity contribution in [1.82, 2.24) is 0 Å². The van der Waals surface area contributed by atoms with Gasteiger partial charge >= 0.3 is 5.97 Å². The van der Waals surface area contributed by atoms with Gasteiger partial charge in [-0.3, -0.25) is 10.1 Å². The van der Waals surface area contributed by atoms with E-state index in [1.54, 1.807) is 62.8 Å². The van der Waals surface area contributed by atoms with Crippen LogP contribution in [0.2, 0.25) is 0 Å². The fourth-order valence-electron chi connectivity index (χ4n) is 4.16. The van der Waals surface area contributed by atoms with Gasteiger partial charge in [-0.05, 0) is 42.0 Å². The maximum Gasteiger partial charge on any atom is 0.342 e. The van der Waals surface area contributed by atoms with Crippen LogP contribution < -0.4 is 29.0 Å². The zero-order valence-electron chi connectivity index (χ0n) is 23.6. The molecule has 0 aliphatic heterocycles. The molecule has 1 aromatic heterocycles. The van der Waals surface area contributed by atoms with Crippen molar-refractivity contribution in [3.63, 3.8) is 0 Å². The predicted molar refractivity (Wildman–Crippen MR) is 152 cm³/mol. The molecule has 4 aromatic rings. The molecule has 4 rings (SSSR count). The number of benzene rings is 3. The average molecular weight is 573 g/mol. The molecule has 0 saturated carbocycles. The van der Waals surface area contributed by atoms with Gasteiger partial charge in [0.15, 0.2) is 18.1 Å². The van der Waals surface area contributed by atoms with Gasteiger partial charge in [0.25, 0.3) is 5.91 Å². The van der Waals surface area contributed by atoms with E-state index in [1.165, 1.54) is 33.5 Å². The van der Waals surface area contributed by atoms with Crippen LogP contribution >= 0.6 is 0 Å². The third-order valence-corrected chi connectivity index (χ3v) is 6.26. The highest BCUT2D eigenvalue weighted by molar-refractivity contribution is 5.99. The second-order valence-electron chi connectivity index (χ2n) is 8.61. The van der Waals surface area contributed by atoms with Crippen molar-refractivity contribution < 1.29 is 42.4 Å². The Kier molecular flexibility index (Phi) is 9.19. The zero-order valence-corrected chi connectivity index (χ0v) is 23.6. The number of hydrogen-bond donors (Lipinski definition) is 1. The monoisotopic (exact) mass is 572 g/mol. The summed E-state index contributed by atoms with van der Waals surface area (Å²) in [6.07, 6.45) is 0. The van der Waals surface area contributed by atoms with Crippen molar-refractivity contribution in [2.75, 3.05) is 47.5 Å². The van der Waals surface area contributed by atoms with E-state index in [1.807, 2.05) is 0 Å². The number of furan rings is 1. The number of esters is 1. The predicted octanol–water partition coefficient (Wildman–Crippen LogP) is 5.32. The van der Waals surface area contributed by atoms with Gasteiger partial charge < -0.3 is 32.8 Å². The first-order valence-corrected chi connectivity index (χ1v) is 12.5. The minimum absolute atomic E-state index is 0.0299. The molecule has 11 nitrogen and oxygen atoms in total. The lowest BCUT2D eigenvalue weighted by Gasteiger charge is -2.13. The zero-order chi connectivity index (χ0) is 30.2. The van der Waals surface area contributed by atoms with E-state index in [2.05, 4.69) is 11.4 Å². The molecule has 0 aliphatic carbocycles. The van der Waals surface area contributed by atoms with Crippen molar-refractivity contribution in [2.45, 2.75) is 0 Å². The van der Waals surface area contributed by atoms with E-state index >= 15 is 0 Å². The molecular formula is C31H28N2O9. The molecule has 0 saturated heterocycles. The minimum atomic E-state index is -0.833. The summed E-state index contributed by atoms with van der Waals surface area (Å²) in [6, 6.07) is 19.1. The van der Waals surface area contributed by atoms with Gasteiger partial charge in [-0.2, -0.15) is 5.26 Å². The summed E-state index contributed by atoms with van der Waals surface area (Å²) in [5.74, 6) is 0.763. The van der Waals surface area contributed by atoms with Crippen LogP contribution in [0.5, 0.6) is 28.7 Å². The number of rotatable bonds is 11. The number of nitriles is 1. The summed E-state index contributed by atoms with van der Waals surface area (Å²) in [7, 11) is 7.36. The highest BCUT2D eigenvalue weighted by Crippen LogP contribution is 2.42. The molecule has 0 bridgehead atoms. The molecule has 42 heavy (non-hydrogen) atoms. The first-order chi connectivity index (χ1) is 20.4.